The maximum Gasteiger partial charge on any atom is 4.00 e. The van der Waals surface area contributed by atoms with Crippen LogP contribution in [0.2, 0.25) is 0 Å². The van der Waals surface area contributed by atoms with E-state index in [1.54, 1.807) is 68.2 Å². The van der Waals surface area contributed by atoms with Gasteiger partial charge in [-0.2, -0.15) is 201 Å². The number of carboxylic acids is 1. The third-order valence-corrected chi connectivity index (χ3v) is 19.4. The molecule has 0 unspecified atom stereocenters. The van der Waals surface area contributed by atoms with Crippen molar-refractivity contribution in [2.45, 2.75) is 0 Å². The summed E-state index contributed by atoms with van der Waals surface area (Å²) in [6.45, 7) is 4.79. The Morgan fingerprint density at radius 3 is 0.932 bits per heavy atom. The fraction of sp³-hybridized carbons (Fsp3) is 0.00826. The molecule has 0 atom stereocenters. The number of para-hydroxylation sites is 3. The van der Waals surface area contributed by atoms with Gasteiger partial charge in [0.1, 0.15) is 0 Å². The zero-order chi connectivity index (χ0) is 96.7. The molecule has 23 aromatic rings. The van der Waals surface area contributed by atoms with E-state index in [9.17, 15) is 4.79 Å². The van der Waals surface area contributed by atoms with E-state index in [4.69, 9.17) is 10.2 Å². The number of hydrogen-bond donors (Lipinski definition) is 2. The van der Waals surface area contributed by atoms with Crippen LogP contribution in [-0.2, 0) is 124 Å². The van der Waals surface area contributed by atoms with Gasteiger partial charge < -0.3 is 85.3 Å². The van der Waals surface area contributed by atoms with Crippen molar-refractivity contribution >= 4 is 33.8 Å². The number of nitrogens with zero attached hydrogens (tertiary/aromatic N) is 16. The topological polar surface area (TPSA) is 252 Å². The Morgan fingerprint density at radius 1 is 0.295 bits per heavy atom. The van der Waals surface area contributed by atoms with Crippen LogP contribution in [0.15, 0.2) is 499 Å². The Morgan fingerprint density at radius 2 is 0.616 bits per heavy atom. The van der Waals surface area contributed by atoms with Gasteiger partial charge in [0.25, 0.3) is 0 Å². The number of aliphatic hydroxyl groups is 1. The molecule has 0 spiro atoms. The van der Waals surface area contributed by atoms with Gasteiger partial charge >= 0.3 is 65.3 Å². The molecule has 0 saturated heterocycles. The van der Waals surface area contributed by atoms with Crippen molar-refractivity contribution in [3.8, 4) is 113 Å². The van der Waals surface area contributed by atoms with Gasteiger partial charge in [-0.1, -0.05) is 145 Å². The summed E-state index contributed by atoms with van der Waals surface area (Å²) in [5.74, 6) is -0.806. The van der Waals surface area contributed by atoms with Crippen molar-refractivity contribution in [2.24, 2.45) is 0 Å². The van der Waals surface area contributed by atoms with Crippen molar-refractivity contribution < 1.29 is 134 Å². The van der Waals surface area contributed by atoms with E-state index in [1.165, 1.54) is 22.1 Å². The predicted octanol–water partition coefficient (Wildman–Crippen LogP) is 24.9. The maximum atomic E-state index is 9.35. The molecule has 0 bridgehead atoms. The van der Waals surface area contributed by atoms with Crippen LogP contribution >= 0.6 is 0 Å². The van der Waals surface area contributed by atoms with Crippen LogP contribution in [-0.4, -0.2) is 63.3 Å². The first-order chi connectivity index (χ1) is 69.1. The normalized spacial score (nSPS) is 9.82. The van der Waals surface area contributed by atoms with E-state index in [2.05, 4.69) is 216 Å². The molecule has 1 radical (unpaired) electrons. The minimum atomic E-state index is -1.38. The predicted molar refractivity (Wildman–Crippen MR) is 553 cm³/mol. The van der Waals surface area contributed by atoms with E-state index in [-0.39, 0.29) is 119 Å². The second kappa shape index (κ2) is 67.9. The van der Waals surface area contributed by atoms with E-state index in [0.717, 1.165) is 107 Å². The Kier molecular flexibility index (Phi) is 54.7. The second-order valence-electron chi connectivity index (χ2n) is 29.0. The van der Waals surface area contributed by atoms with Crippen molar-refractivity contribution in [3.05, 3.63) is 573 Å². The van der Waals surface area contributed by atoms with Gasteiger partial charge in [0, 0.05) is 107 Å². The summed E-state index contributed by atoms with van der Waals surface area (Å²) in [4.78, 5) is 54.6. The molecule has 10 aromatic heterocycles. The minimum Gasteiger partial charge on any atom is -0.664 e. The molecule has 727 valence electrons. The molecule has 2 N–H and O–H groups in total. The first-order valence-corrected chi connectivity index (χ1v) is 43.9. The van der Waals surface area contributed by atoms with Crippen molar-refractivity contribution in [1.29, 1.82) is 0 Å². The zero-order valence-corrected chi connectivity index (χ0v) is 93.3. The molecule has 146 heavy (non-hydrogen) atoms. The average molecular weight is 2960 g/mol. The molecule has 0 fully saturated rings. The van der Waals surface area contributed by atoms with E-state index in [0.29, 0.717) is 11.6 Å². The maximum absolute atomic E-state index is 9.35. The van der Waals surface area contributed by atoms with Gasteiger partial charge in [0.05, 0.1) is 0 Å². The number of aliphatic hydroxyl groups excluding tert-OH is 1. The molecule has 13 aromatic carbocycles. The summed E-state index contributed by atoms with van der Waals surface area (Å²) in [6, 6.07) is 169. The zero-order valence-electron chi connectivity index (χ0n) is 78.1. The number of aliphatic carboxylic acids is 1. The molecule has 25 heteroatoms. The summed E-state index contributed by atoms with van der Waals surface area (Å²) in [5.41, 5.74) is 21.3. The largest absolute Gasteiger partial charge is 4.00 e. The van der Waals surface area contributed by atoms with Crippen molar-refractivity contribution in [2.75, 3.05) is 16.8 Å². The SMILES string of the molecule is C=C(O)C(=O)O.CN1[CH-]N(c2[c-]cccc2)c2ccccc21.[Os+4].[Os+4].[Os+].[Os].[Os].[Os].[c-]1ccccc1-c1[c-]cccc1.[c-]1ccccc1-c1[c-]cccc1.[c-]1ccccc1-c1[c-]cccc1.[c-]1ccccc1-c1cc2ccccc2cn1.[c-]1ccccc1-c1ccccn1.[c-]1ccccc1-c1ccccn1.[c-]1ccccc1-c1ccn[n-]1.c1c[n-]c(-c2ncc[n-]2)c1.c1c[n-]c(-c2ncc[n-]2)c1.c1ccc(-c2ccn[n-]2)nc1. The molecular formula is C121H88N16O3Os6-9. The van der Waals surface area contributed by atoms with Gasteiger partial charge in [-0.25, -0.2) is 43.9 Å². The molecule has 0 saturated carbocycles. The smallest absolute Gasteiger partial charge is 0.664 e. The number of benzene rings is 13. The van der Waals surface area contributed by atoms with Crippen LogP contribution in [0.4, 0.5) is 17.1 Å². The van der Waals surface area contributed by atoms with E-state index < -0.39 is 11.7 Å². The van der Waals surface area contributed by atoms with Gasteiger partial charge in [0.2, 0.25) is 0 Å². The minimum absolute atomic E-state index is 0. The average Bonchev–Trinajstić information content (AvgIpc) is 1.66. The van der Waals surface area contributed by atoms with Crippen molar-refractivity contribution in [1.82, 2.24) is 70.2 Å². The summed E-state index contributed by atoms with van der Waals surface area (Å²) in [5, 5.41) is 33.1. The Hall–Kier alpha value is -15.5. The quantitative estimate of drug-likeness (QED) is 0.0655. The first-order valence-electron chi connectivity index (χ1n) is 43.9. The third kappa shape index (κ3) is 39.7. The summed E-state index contributed by atoms with van der Waals surface area (Å²) >= 11 is 0. The number of anilines is 3. The molecule has 24 rings (SSSR count). The summed E-state index contributed by atoms with van der Waals surface area (Å²) in [7, 11) is 2.06. The fourth-order valence-electron chi connectivity index (χ4n) is 12.7. The summed E-state index contributed by atoms with van der Waals surface area (Å²) in [6.07, 6.45) is 20.6. The molecule has 1 aliphatic rings. The Balaban J connectivity index is 0.000000216. The number of rotatable bonds is 12. The number of fused-ring (bicyclic) bond motifs is 2. The van der Waals surface area contributed by atoms with E-state index >= 15 is 0 Å². The molecular weight excluding hydrogens is 2870 g/mol. The number of carbonyl (C=O) groups is 1. The van der Waals surface area contributed by atoms with Gasteiger partial charge in [-0.05, 0) is 84.1 Å². The van der Waals surface area contributed by atoms with E-state index in [1.807, 2.05) is 370 Å². The van der Waals surface area contributed by atoms with Crippen LogP contribution in [0.1, 0.15) is 0 Å². The van der Waals surface area contributed by atoms with Gasteiger partial charge in [-0.15, -0.1) is 198 Å². The fourth-order valence-corrected chi connectivity index (χ4v) is 12.7. The second-order valence-corrected chi connectivity index (χ2v) is 29.0. The van der Waals surface area contributed by atoms with Crippen LogP contribution < -0.4 is 39.9 Å². The molecule has 0 aliphatic carbocycles. The summed E-state index contributed by atoms with van der Waals surface area (Å²) < 4.78 is 0. The van der Waals surface area contributed by atoms with Crippen LogP contribution in [0.25, 0.3) is 124 Å². The number of pyridine rings is 4. The number of carboxylic acid groups (broad SMARTS) is 1. The van der Waals surface area contributed by atoms with Gasteiger partial charge in [-0.3, -0.25) is 4.98 Å². The first kappa shape index (κ1) is 118. The number of hydrogen-bond acceptors (Lipinski definition) is 12. The molecule has 0 amide bonds. The molecule has 1 aliphatic heterocycles. The van der Waals surface area contributed by atoms with Crippen LogP contribution in [0.5, 0.6) is 0 Å². The van der Waals surface area contributed by atoms with Gasteiger partial charge in [0.15, 0.2) is 5.76 Å². The molecule has 11 heterocycles. The van der Waals surface area contributed by atoms with Crippen LogP contribution in [0, 0.1) is 73.4 Å². The van der Waals surface area contributed by atoms with Crippen LogP contribution in [0.3, 0.4) is 0 Å². The third-order valence-electron chi connectivity index (χ3n) is 19.4. The Labute approximate surface area is 931 Å². The molecule has 19 nitrogen and oxygen atoms in total. The van der Waals surface area contributed by atoms with Crippen molar-refractivity contribution in [3.63, 3.8) is 0 Å². The monoisotopic (exact) mass is 2960 g/mol. The number of imidazole rings is 2. The standard InChI is InChI=1S/C15H10N.C14H12N2.3C12H8.2C11H8N.C9H6N2.C8H6N3.2C7H5N3.C3H4O3.6Os/c1-2-6-12(7-3-1)15-10-13-8-4-5-9-14(13)11-16-15;1-15-11-16(12-7-3-2-4-8-12)14-10-6-5-9-13(14)15;3*1-3-7-11(8-4-1)12-9-5-2-6-10-12;2*1-2-6-10(7-3-1)11-8-4-5-9-12-11;1-2-4-8(5-3-1)9-6-7-10-11-9;1-2-5-9-7(3-1)8-4-6-10-11-8;2*1-2-6(8-3-1)7-9-4-5-10-7;1-2(4)3(5)6;;;;;;/h1-6,8-11H;2-7,9-11H,1H3;3*1-7,9H;2*1-6,8-9H;1-4,6-7H;1-6H;2*1-5H;4H,1H2,(H,5,6);;;;;;/q-1;4*-2;2*-1;-2;-1;2*-2;;;;;+1;2*+4. The number of aromatic nitrogens is 14. The Bertz CT molecular complexity index is 6380.